The SMILES string of the molecule is CCC(Oc1ccc(C)c(-c2ccccc2O[C@H]2O[C@H](C(O)C(C)=O)[C@](O)(C(C)=O)[C@@](O)(C(C)=O)[C@@]2(O)C(C)=O)c1)C(=O)O. The molecule has 44 heavy (non-hydrogen) atoms. The van der Waals surface area contributed by atoms with E-state index in [9.17, 15) is 49.5 Å². The van der Waals surface area contributed by atoms with Crippen LogP contribution in [0.4, 0.5) is 0 Å². The number of ketones is 4. The fraction of sp³-hybridized carbons (Fsp3) is 0.452. The Bertz CT molecular complexity index is 1480. The third kappa shape index (κ3) is 5.41. The minimum Gasteiger partial charge on any atom is -0.479 e. The van der Waals surface area contributed by atoms with Crippen molar-refractivity contribution < 1.29 is 63.7 Å². The molecule has 1 saturated heterocycles. The zero-order chi connectivity index (χ0) is 33.4. The van der Waals surface area contributed by atoms with Crippen LogP contribution in [0.2, 0.25) is 0 Å². The van der Waals surface area contributed by atoms with Gasteiger partial charge in [-0.05, 0) is 70.4 Å². The van der Waals surface area contributed by atoms with Gasteiger partial charge >= 0.3 is 5.97 Å². The Morgan fingerprint density at radius 3 is 1.98 bits per heavy atom. The monoisotopic (exact) mass is 616 g/mol. The number of carboxylic acid groups (broad SMARTS) is 1. The highest BCUT2D eigenvalue weighted by Crippen LogP contribution is 2.49. The molecule has 2 aromatic rings. The van der Waals surface area contributed by atoms with Crippen LogP contribution in [0, 0.1) is 6.92 Å². The van der Waals surface area contributed by atoms with Crippen LogP contribution in [-0.2, 0) is 28.7 Å². The third-order valence-electron chi connectivity index (χ3n) is 7.96. The summed E-state index contributed by atoms with van der Waals surface area (Å²) >= 11 is 0. The largest absolute Gasteiger partial charge is 0.479 e. The van der Waals surface area contributed by atoms with Crippen molar-refractivity contribution in [2.45, 2.75) is 89.4 Å². The summed E-state index contributed by atoms with van der Waals surface area (Å²) in [4.78, 5) is 62.6. The molecule has 0 radical (unpaired) electrons. The summed E-state index contributed by atoms with van der Waals surface area (Å²) in [7, 11) is 0. The second-order valence-electron chi connectivity index (χ2n) is 10.8. The van der Waals surface area contributed by atoms with Crippen molar-refractivity contribution in [1.29, 1.82) is 0 Å². The quantitative estimate of drug-likeness (QED) is 0.225. The number of rotatable bonds is 12. The van der Waals surface area contributed by atoms with Crippen LogP contribution in [0.5, 0.6) is 11.5 Å². The van der Waals surface area contributed by atoms with Gasteiger partial charge in [0.2, 0.25) is 17.5 Å². The van der Waals surface area contributed by atoms with E-state index in [0.717, 1.165) is 20.8 Å². The van der Waals surface area contributed by atoms with E-state index in [2.05, 4.69) is 0 Å². The number of carbonyl (C=O) groups is 5. The van der Waals surface area contributed by atoms with E-state index in [1.807, 2.05) is 0 Å². The second-order valence-corrected chi connectivity index (χ2v) is 10.8. The van der Waals surface area contributed by atoms with E-state index < -0.39 is 70.5 Å². The highest BCUT2D eigenvalue weighted by atomic mass is 16.7. The molecule has 2 aromatic carbocycles. The zero-order valence-electron chi connectivity index (χ0n) is 25.1. The number of aliphatic hydroxyl groups excluding tert-OH is 1. The number of carboxylic acids is 1. The van der Waals surface area contributed by atoms with Gasteiger partial charge in [0.15, 0.2) is 34.8 Å². The van der Waals surface area contributed by atoms with Crippen molar-refractivity contribution in [3.63, 3.8) is 0 Å². The van der Waals surface area contributed by atoms with Crippen LogP contribution < -0.4 is 9.47 Å². The Hall–Kier alpha value is -4.01. The third-order valence-corrected chi connectivity index (χ3v) is 7.96. The molecule has 0 amide bonds. The van der Waals surface area contributed by atoms with Gasteiger partial charge in [0, 0.05) is 5.56 Å². The molecule has 1 heterocycles. The number of hydrogen-bond donors (Lipinski definition) is 5. The number of aliphatic carboxylic acids is 1. The van der Waals surface area contributed by atoms with Gasteiger partial charge in [-0.1, -0.05) is 31.2 Å². The van der Waals surface area contributed by atoms with E-state index in [1.54, 1.807) is 38.1 Å². The van der Waals surface area contributed by atoms with E-state index in [0.29, 0.717) is 18.1 Å². The maximum absolute atomic E-state index is 13.1. The Morgan fingerprint density at radius 1 is 0.886 bits per heavy atom. The lowest BCUT2D eigenvalue weighted by atomic mass is 9.60. The lowest BCUT2D eigenvalue weighted by molar-refractivity contribution is -0.358. The maximum atomic E-state index is 13.1. The first kappa shape index (κ1) is 34.5. The van der Waals surface area contributed by atoms with Crippen LogP contribution in [0.3, 0.4) is 0 Å². The number of Topliss-reactive ketones (excluding diaryl/α,β-unsaturated/α-hetero) is 4. The molecule has 0 saturated carbocycles. The second kappa shape index (κ2) is 12.5. The van der Waals surface area contributed by atoms with Gasteiger partial charge in [0.1, 0.15) is 23.7 Å². The summed E-state index contributed by atoms with van der Waals surface area (Å²) in [6.07, 6.45) is -8.01. The molecule has 1 fully saturated rings. The molecule has 0 bridgehead atoms. The van der Waals surface area contributed by atoms with Crippen LogP contribution in [0.1, 0.15) is 46.6 Å². The number of aliphatic hydroxyl groups is 4. The number of hydrogen-bond acceptors (Lipinski definition) is 12. The number of aryl methyl sites for hydroxylation is 1. The number of carbonyl (C=O) groups excluding carboxylic acids is 4. The van der Waals surface area contributed by atoms with Crippen molar-refractivity contribution >= 4 is 29.1 Å². The summed E-state index contributed by atoms with van der Waals surface area (Å²) in [5.41, 5.74) is -9.20. The first-order valence-electron chi connectivity index (χ1n) is 13.7. The first-order valence-corrected chi connectivity index (χ1v) is 13.7. The average molecular weight is 617 g/mol. The smallest absolute Gasteiger partial charge is 0.344 e. The molecular formula is C31H36O13. The molecule has 2 unspecified atom stereocenters. The van der Waals surface area contributed by atoms with Gasteiger partial charge in [0.25, 0.3) is 0 Å². The summed E-state index contributed by atoms with van der Waals surface area (Å²) in [6, 6.07) is 10.8. The molecule has 0 spiro atoms. The Labute approximate surface area is 253 Å². The first-order chi connectivity index (χ1) is 20.4. The molecule has 13 nitrogen and oxygen atoms in total. The fourth-order valence-corrected chi connectivity index (χ4v) is 5.38. The highest BCUT2D eigenvalue weighted by molar-refractivity contribution is 6.05. The Kier molecular flexibility index (Phi) is 9.83. The summed E-state index contributed by atoms with van der Waals surface area (Å²) in [6.45, 7) is 6.45. The lowest BCUT2D eigenvalue weighted by Gasteiger charge is -2.57. The molecule has 0 aliphatic carbocycles. The molecule has 238 valence electrons. The van der Waals surface area contributed by atoms with Gasteiger partial charge in [0.05, 0.1) is 0 Å². The van der Waals surface area contributed by atoms with E-state index in [1.165, 1.54) is 18.2 Å². The molecular weight excluding hydrogens is 580 g/mol. The predicted molar refractivity (Wildman–Crippen MR) is 152 cm³/mol. The Morgan fingerprint density at radius 2 is 1.48 bits per heavy atom. The van der Waals surface area contributed by atoms with Gasteiger partial charge in [-0.3, -0.25) is 19.2 Å². The normalized spacial score (nSPS) is 28.0. The van der Waals surface area contributed by atoms with Crippen LogP contribution in [-0.4, -0.2) is 96.0 Å². The highest BCUT2D eigenvalue weighted by Gasteiger charge is 2.80. The van der Waals surface area contributed by atoms with Crippen molar-refractivity contribution in [3.05, 3.63) is 48.0 Å². The van der Waals surface area contributed by atoms with Gasteiger partial charge in [-0.2, -0.15) is 0 Å². The molecule has 3 rings (SSSR count). The minimum atomic E-state index is -3.66. The molecule has 0 aromatic heterocycles. The van der Waals surface area contributed by atoms with Crippen molar-refractivity contribution in [2.75, 3.05) is 0 Å². The van der Waals surface area contributed by atoms with Gasteiger partial charge < -0.3 is 39.7 Å². The van der Waals surface area contributed by atoms with Crippen LogP contribution in [0.15, 0.2) is 42.5 Å². The molecule has 1 aliphatic heterocycles. The van der Waals surface area contributed by atoms with E-state index >= 15 is 0 Å². The minimum absolute atomic E-state index is 0.113. The summed E-state index contributed by atoms with van der Waals surface area (Å²) in [5, 5.41) is 55.2. The standard InChI is InChI=1S/C31H36O13/c1-7-23(27(37)38)42-20-13-12-15(2)22(14-20)21-10-8-9-11-24(21)43-28-30(40,18(5)34)31(41,19(6)35)29(39,17(4)33)26(44-28)25(36)16(3)32/h8-14,23,25-26,28,36,39-41H,7H2,1-6H3,(H,37,38)/t23?,25?,26-,28+,29-,30-,31+/m1/s1. The molecule has 13 heteroatoms. The van der Waals surface area contributed by atoms with Crippen molar-refractivity contribution in [1.82, 2.24) is 0 Å². The zero-order valence-corrected chi connectivity index (χ0v) is 25.1. The summed E-state index contributed by atoms with van der Waals surface area (Å²) in [5.74, 6) is -6.31. The maximum Gasteiger partial charge on any atom is 0.344 e. The van der Waals surface area contributed by atoms with Crippen molar-refractivity contribution in [3.8, 4) is 22.6 Å². The number of ether oxygens (including phenoxy) is 3. The molecule has 1 aliphatic rings. The van der Waals surface area contributed by atoms with Crippen LogP contribution >= 0.6 is 0 Å². The van der Waals surface area contributed by atoms with E-state index in [4.69, 9.17) is 14.2 Å². The van der Waals surface area contributed by atoms with Crippen LogP contribution in [0.25, 0.3) is 11.1 Å². The Balaban J connectivity index is 2.24. The van der Waals surface area contributed by atoms with E-state index in [-0.39, 0.29) is 23.5 Å². The number of benzene rings is 2. The topological polar surface area (TPSA) is 214 Å². The summed E-state index contributed by atoms with van der Waals surface area (Å²) < 4.78 is 17.2. The van der Waals surface area contributed by atoms with Crippen molar-refractivity contribution in [2.24, 2.45) is 0 Å². The average Bonchev–Trinajstić information content (AvgIpc) is 2.96. The predicted octanol–water partition coefficient (Wildman–Crippen LogP) is 0.918. The molecule has 5 N–H and O–H groups in total. The van der Waals surface area contributed by atoms with Gasteiger partial charge in [-0.15, -0.1) is 0 Å². The molecule has 7 atom stereocenters. The fourth-order valence-electron chi connectivity index (χ4n) is 5.38. The number of para-hydroxylation sites is 1. The van der Waals surface area contributed by atoms with Gasteiger partial charge in [-0.25, -0.2) is 4.79 Å². The lowest BCUT2D eigenvalue weighted by Crippen LogP contribution is -2.87.